The molecule has 0 aliphatic rings. The lowest BCUT2D eigenvalue weighted by atomic mass is 10.2. The van der Waals surface area contributed by atoms with Crippen molar-refractivity contribution in [2.24, 2.45) is 5.92 Å². The predicted octanol–water partition coefficient (Wildman–Crippen LogP) is 0.0353. The van der Waals surface area contributed by atoms with Crippen LogP contribution in [0.2, 0.25) is 0 Å². The van der Waals surface area contributed by atoms with Gasteiger partial charge in [0.25, 0.3) is 10.2 Å². The van der Waals surface area contributed by atoms with E-state index in [4.69, 9.17) is 0 Å². The second-order valence-corrected chi connectivity index (χ2v) is 6.20. The molecule has 0 fully saturated rings. The van der Waals surface area contributed by atoms with Gasteiger partial charge in [-0.15, -0.1) is 0 Å². The van der Waals surface area contributed by atoms with Gasteiger partial charge in [-0.25, -0.2) is 9.71 Å². The second-order valence-electron chi connectivity index (χ2n) is 4.34. The molecule has 0 amide bonds. The maximum absolute atomic E-state index is 11.8. The van der Waals surface area contributed by atoms with Crippen molar-refractivity contribution in [1.82, 2.24) is 24.2 Å². The lowest BCUT2D eigenvalue weighted by molar-refractivity contribution is 0.441. The molecule has 1 aromatic heterocycles. The van der Waals surface area contributed by atoms with Crippen molar-refractivity contribution in [1.29, 1.82) is 0 Å². The van der Waals surface area contributed by atoms with Crippen LogP contribution < -0.4 is 4.72 Å². The average Bonchev–Trinajstić information content (AvgIpc) is 2.61. The first-order valence-electron chi connectivity index (χ1n) is 5.40. The van der Waals surface area contributed by atoms with E-state index >= 15 is 0 Å². The Kier molecular flexibility index (Phi) is 4.61. The zero-order valence-corrected chi connectivity index (χ0v) is 11.4. The Bertz CT molecular complexity index is 454. The molecule has 0 aliphatic carbocycles. The van der Waals surface area contributed by atoms with Gasteiger partial charge in [-0.3, -0.25) is 5.10 Å². The summed E-state index contributed by atoms with van der Waals surface area (Å²) in [6, 6.07) is 0. The first-order chi connectivity index (χ1) is 7.81. The first-order valence-corrected chi connectivity index (χ1v) is 6.84. The van der Waals surface area contributed by atoms with E-state index in [0.29, 0.717) is 18.2 Å². The Labute approximate surface area is 102 Å². The Morgan fingerprint density at radius 2 is 2.12 bits per heavy atom. The minimum absolute atomic E-state index is 0.151. The van der Waals surface area contributed by atoms with Crippen molar-refractivity contribution >= 4 is 10.2 Å². The Morgan fingerprint density at radius 1 is 1.47 bits per heavy atom. The number of rotatable bonds is 6. The number of hydrogen-bond donors (Lipinski definition) is 2. The summed E-state index contributed by atoms with van der Waals surface area (Å²) in [4.78, 5) is 4.06. The van der Waals surface area contributed by atoms with Gasteiger partial charge in [0.15, 0.2) is 5.82 Å². The number of H-pyrrole nitrogens is 1. The van der Waals surface area contributed by atoms with Crippen LogP contribution in [0.15, 0.2) is 0 Å². The molecule has 7 nitrogen and oxygen atoms in total. The Morgan fingerprint density at radius 3 is 2.59 bits per heavy atom. The van der Waals surface area contributed by atoms with E-state index in [1.165, 1.54) is 11.4 Å². The summed E-state index contributed by atoms with van der Waals surface area (Å²) in [6.45, 7) is 6.22. The lowest BCUT2D eigenvalue weighted by Crippen LogP contribution is -2.39. The second kappa shape index (κ2) is 5.56. The third-order valence-corrected chi connectivity index (χ3v) is 3.57. The van der Waals surface area contributed by atoms with Crippen molar-refractivity contribution < 1.29 is 8.42 Å². The third-order valence-electron chi connectivity index (χ3n) is 2.09. The predicted molar refractivity (Wildman–Crippen MR) is 64.3 cm³/mol. The molecule has 17 heavy (non-hydrogen) atoms. The highest BCUT2D eigenvalue weighted by Crippen LogP contribution is 2.02. The Balaban J connectivity index is 2.59. The number of nitrogens with one attached hydrogen (secondary N) is 2. The van der Waals surface area contributed by atoms with Crippen LogP contribution in [0, 0.1) is 12.8 Å². The fourth-order valence-corrected chi connectivity index (χ4v) is 2.18. The van der Waals surface area contributed by atoms with Crippen molar-refractivity contribution in [3.8, 4) is 0 Å². The van der Waals surface area contributed by atoms with Crippen molar-refractivity contribution in [3.63, 3.8) is 0 Å². The molecule has 0 unspecified atom stereocenters. The number of aromatic amines is 1. The minimum Gasteiger partial charge on any atom is -0.263 e. The van der Waals surface area contributed by atoms with E-state index in [9.17, 15) is 8.42 Å². The summed E-state index contributed by atoms with van der Waals surface area (Å²) in [5, 5.41) is 6.57. The van der Waals surface area contributed by atoms with Crippen molar-refractivity contribution in [3.05, 3.63) is 11.6 Å². The fourth-order valence-electron chi connectivity index (χ4n) is 1.13. The highest BCUT2D eigenvalue weighted by molar-refractivity contribution is 7.87. The van der Waals surface area contributed by atoms with Crippen molar-refractivity contribution in [2.45, 2.75) is 27.3 Å². The van der Waals surface area contributed by atoms with Gasteiger partial charge in [0, 0.05) is 13.6 Å². The highest BCUT2D eigenvalue weighted by atomic mass is 32.2. The standard InChI is InChI=1S/C9H19N5O2S/c1-7(2)5-10-17(15,16)14(4)6-9-11-8(3)12-13-9/h7,10H,5-6H2,1-4H3,(H,11,12,13). The normalized spacial score (nSPS) is 12.6. The summed E-state index contributed by atoms with van der Waals surface area (Å²) in [6.07, 6.45) is 0. The first kappa shape index (κ1) is 14.1. The van der Waals surface area contributed by atoms with Crippen LogP contribution in [0.3, 0.4) is 0 Å². The van der Waals surface area contributed by atoms with E-state index in [2.05, 4.69) is 19.9 Å². The summed E-state index contributed by atoms with van der Waals surface area (Å²) in [7, 11) is -1.96. The van der Waals surface area contributed by atoms with E-state index in [-0.39, 0.29) is 12.5 Å². The largest absolute Gasteiger partial charge is 0.279 e. The van der Waals surface area contributed by atoms with E-state index < -0.39 is 10.2 Å². The highest BCUT2D eigenvalue weighted by Gasteiger charge is 2.19. The molecule has 2 N–H and O–H groups in total. The van der Waals surface area contributed by atoms with Crippen LogP contribution in [0.4, 0.5) is 0 Å². The number of nitrogens with zero attached hydrogens (tertiary/aromatic N) is 3. The number of aryl methyl sites for hydroxylation is 1. The van der Waals surface area contributed by atoms with Gasteiger partial charge in [0.05, 0.1) is 6.54 Å². The summed E-state index contributed by atoms with van der Waals surface area (Å²) >= 11 is 0. The molecule has 0 saturated heterocycles. The number of hydrogen-bond acceptors (Lipinski definition) is 4. The molecule has 1 heterocycles. The van der Waals surface area contributed by atoms with Crippen LogP contribution in [-0.2, 0) is 16.8 Å². The summed E-state index contributed by atoms with van der Waals surface area (Å²) in [5.74, 6) is 1.39. The molecule has 0 aliphatic heterocycles. The van der Waals surface area contributed by atoms with E-state index in [1.54, 1.807) is 6.92 Å². The monoisotopic (exact) mass is 261 g/mol. The molecular formula is C9H19N5O2S. The maximum Gasteiger partial charge on any atom is 0.279 e. The zero-order valence-electron chi connectivity index (χ0n) is 10.6. The molecule has 0 bridgehead atoms. The molecule has 0 spiro atoms. The van der Waals surface area contributed by atoms with Crippen LogP contribution in [0.5, 0.6) is 0 Å². The average molecular weight is 261 g/mol. The molecule has 0 saturated carbocycles. The molecule has 1 rings (SSSR count). The van der Waals surface area contributed by atoms with Crippen LogP contribution >= 0.6 is 0 Å². The van der Waals surface area contributed by atoms with Gasteiger partial charge in [0.1, 0.15) is 5.82 Å². The zero-order chi connectivity index (χ0) is 13.1. The molecular weight excluding hydrogens is 242 g/mol. The minimum atomic E-state index is -3.45. The molecule has 0 aromatic carbocycles. The maximum atomic E-state index is 11.8. The van der Waals surface area contributed by atoms with Crippen molar-refractivity contribution in [2.75, 3.05) is 13.6 Å². The van der Waals surface area contributed by atoms with Gasteiger partial charge in [0.2, 0.25) is 0 Å². The Hall–Kier alpha value is -0.990. The van der Waals surface area contributed by atoms with E-state index in [1.807, 2.05) is 13.8 Å². The summed E-state index contributed by atoms with van der Waals surface area (Å²) < 4.78 is 27.3. The van der Waals surface area contributed by atoms with Crippen LogP contribution in [-0.4, -0.2) is 41.5 Å². The fraction of sp³-hybridized carbons (Fsp3) is 0.778. The smallest absolute Gasteiger partial charge is 0.263 e. The molecule has 1 aromatic rings. The third kappa shape index (κ3) is 4.41. The lowest BCUT2D eigenvalue weighted by Gasteiger charge is -2.17. The van der Waals surface area contributed by atoms with Gasteiger partial charge < -0.3 is 0 Å². The number of aromatic nitrogens is 3. The van der Waals surface area contributed by atoms with Gasteiger partial charge in [-0.1, -0.05) is 13.8 Å². The topological polar surface area (TPSA) is 91.0 Å². The van der Waals surface area contributed by atoms with Gasteiger partial charge in [-0.05, 0) is 12.8 Å². The quantitative estimate of drug-likeness (QED) is 0.756. The molecule has 0 atom stereocenters. The SMILES string of the molecule is Cc1nc(CN(C)S(=O)(=O)NCC(C)C)n[nH]1. The van der Waals surface area contributed by atoms with Crippen LogP contribution in [0.25, 0.3) is 0 Å². The molecule has 98 valence electrons. The summed E-state index contributed by atoms with van der Waals surface area (Å²) in [5.41, 5.74) is 0. The van der Waals surface area contributed by atoms with E-state index in [0.717, 1.165) is 0 Å². The van der Waals surface area contributed by atoms with Gasteiger partial charge >= 0.3 is 0 Å². The molecule has 8 heteroatoms. The van der Waals surface area contributed by atoms with Crippen LogP contribution in [0.1, 0.15) is 25.5 Å². The molecule has 0 radical (unpaired) electrons. The van der Waals surface area contributed by atoms with Gasteiger partial charge in [-0.2, -0.15) is 17.8 Å².